The van der Waals surface area contributed by atoms with Crippen LogP contribution in [0.15, 0.2) is 65.6 Å². The molecule has 1 fully saturated rings. The van der Waals surface area contributed by atoms with Crippen LogP contribution in [0.3, 0.4) is 0 Å². The molecule has 0 saturated carbocycles. The average Bonchev–Trinajstić information content (AvgIpc) is 2.69. The highest BCUT2D eigenvalue weighted by molar-refractivity contribution is 7.89. The van der Waals surface area contributed by atoms with Gasteiger partial charge in [-0.05, 0) is 29.8 Å². The lowest BCUT2D eigenvalue weighted by Gasteiger charge is -2.33. The molecule has 0 bridgehead atoms. The van der Waals surface area contributed by atoms with Crippen LogP contribution >= 0.6 is 0 Å². The summed E-state index contributed by atoms with van der Waals surface area (Å²) >= 11 is 0. The highest BCUT2D eigenvalue weighted by Gasteiger charge is 2.27. The van der Waals surface area contributed by atoms with Crippen LogP contribution in [0.25, 0.3) is 6.08 Å². The van der Waals surface area contributed by atoms with Gasteiger partial charge in [0.2, 0.25) is 10.0 Å². The van der Waals surface area contributed by atoms with Crippen LogP contribution in [0.4, 0.5) is 0 Å². The smallest absolute Gasteiger partial charge is 0.243 e. The van der Waals surface area contributed by atoms with E-state index < -0.39 is 10.0 Å². The fourth-order valence-corrected chi connectivity index (χ4v) is 4.33. The molecule has 5 nitrogen and oxygen atoms in total. The fraction of sp³-hybridized carbons (Fsp3) is 0.250. The third kappa shape index (κ3) is 4.38. The fourth-order valence-electron chi connectivity index (χ4n) is 2.90. The third-order valence-electron chi connectivity index (χ3n) is 4.43. The predicted octanol–water partition coefficient (Wildman–Crippen LogP) is 2.58. The van der Waals surface area contributed by atoms with Crippen LogP contribution in [0.2, 0.25) is 0 Å². The molecule has 1 aliphatic rings. The zero-order valence-electron chi connectivity index (χ0n) is 14.5. The molecule has 0 unspecified atom stereocenters. The van der Waals surface area contributed by atoms with Crippen LogP contribution in [0.5, 0.6) is 0 Å². The Hall–Kier alpha value is -2.46. The molecule has 3 rings (SSSR count). The Morgan fingerprint density at radius 2 is 1.62 bits per heavy atom. The molecule has 0 atom stereocenters. The zero-order chi connectivity index (χ0) is 18.4. The van der Waals surface area contributed by atoms with Gasteiger partial charge in [-0.3, -0.25) is 4.90 Å². The van der Waals surface area contributed by atoms with Gasteiger partial charge < -0.3 is 0 Å². The Balaban J connectivity index is 1.55. The van der Waals surface area contributed by atoms with Crippen molar-refractivity contribution in [3.63, 3.8) is 0 Å². The maximum absolute atomic E-state index is 12.7. The van der Waals surface area contributed by atoms with E-state index in [1.54, 1.807) is 0 Å². The second kappa shape index (κ2) is 8.28. The largest absolute Gasteiger partial charge is 0.297 e. The topological polar surface area (TPSA) is 64.4 Å². The molecule has 1 heterocycles. The van der Waals surface area contributed by atoms with E-state index >= 15 is 0 Å². The number of rotatable bonds is 5. The van der Waals surface area contributed by atoms with Gasteiger partial charge in [0.1, 0.15) is 0 Å². The van der Waals surface area contributed by atoms with Gasteiger partial charge in [-0.15, -0.1) is 0 Å². The van der Waals surface area contributed by atoms with E-state index in [0.29, 0.717) is 31.7 Å². The number of sulfonamides is 1. The van der Waals surface area contributed by atoms with Crippen molar-refractivity contribution in [1.29, 1.82) is 5.26 Å². The standard InChI is InChI=1S/C20H21N3O2S/c21-17-19-8-10-20(11-9-19)26(24,25)23-15-13-22(14-16-23)12-4-7-18-5-2-1-3-6-18/h1-11H,12-16H2/b7-4+. The summed E-state index contributed by atoms with van der Waals surface area (Å²) < 4.78 is 26.9. The molecule has 0 N–H and O–H groups in total. The lowest BCUT2D eigenvalue weighted by atomic mass is 10.2. The number of benzene rings is 2. The zero-order valence-corrected chi connectivity index (χ0v) is 15.3. The quantitative estimate of drug-likeness (QED) is 0.815. The van der Waals surface area contributed by atoms with Crippen molar-refractivity contribution < 1.29 is 8.42 Å². The molecule has 0 radical (unpaired) electrons. The minimum Gasteiger partial charge on any atom is -0.297 e. The summed E-state index contributed by atoms with van der Waals surface area (Å²) in [6.45, 7) is 3.16. The first kappa shape index (κ1) is 18.3. The molecule has 1 aliphatic heterocycles. The maximum atomic E-state index is 12.7. The molecule has 134 valence electrons. The Labute approximate surface area is 154 Å². The van der Waals surface area contributed by atoms with Crippen molar-refractivity contribution in [1.82, 2.24) is 9.21 Å². The van der Waals surface area contributed by atoms with E-state index in [0.717, 1.165) is 12.1 Å². The van der Waals surface area contributed by atoms with Crippen LogP contribution < -0.4 is 0 Å². The van der Waals surface area contributed by atoms with Crippen molar-refractivity contribution in [2.45, 2.75) is 4.90 Å². The molecule has 0 aromatic heterocycles. The Morgan fingerprint density at radius 1 is 0.962 bits per heavy atom. The number of hydrogen-bond acceptors (Lipinski definition) is 4. The summed E-state index contributed by atoms with van der Waals surface area (Å²) in [6.07, 6.45) is 4.19. The van der Waals surface area contributed by atoms with Crippen molar-refractivity contribution >= 4 is 16.1 Å². The Bertz CT molecular complexity index is 892. The van der Waals surface area contributed by atoms with Gasteiger partial charge in [0.25, 0.3) is 0 Å². The number of piperazine rings is 1. The molecule has 2 aromatic carbocycles. The van der Waals surface area contributed by atoms with Crippen LogP contribution in [0.1, 0.15) is 11.1 Å². The number of hydrogen-bond donors (Lipinski definition) is 0. The van der Waals surface area contributed by atoms with Crippen LogP contribution in [-0.4, -0.2) is 50.3 Å². The third-order valence-corrected chi connectivity index (χ3v) is 6.34. The molecule has 2 aromatic rings. The van der Waals surface area contributed by atoms with Gasteiger partial charge in [-0.25, -0.2) is 8.42 Å². The first-order valence-corrected chi connectivity index (χ1v) is 9.98. The molecule has 0 spiro atoms. The van der Waals surface area contributed by atoms with Gasteiger partial charge in [-0.1, -0.05) is 42.5 Å². The summed E-state index contributed by atoms with van der Waals surface area (Å²) in [5.41, 5.74) is 1.62. The SMILES string of the molecule is N#Cc1ccc(S(=O)(=O)N2CCN(C/C=C/c3ccccc3)CC2)cc1. The normalized spacial score (nSPS) is 16.6. The second-order valence-electron chi connectivity index (χ2n) is 6.15. The van der Waals surface area contributed by atoms with Crippen molar-refractivity contribution in [2.24, 2.45) is 0 Å². The molecular weight excluding hydrogens is 346 g/mol. The van der Waals surface area contributed by atoms with Gasteiger partial charge in [0, 0.05) is 32.7 Å². The van der Waals surface area contributed by atoms with E-state index in [2.05, 4.69) is 29.2 Å². The lowest BCUT2D eigenvalue weighted by Crippen LogP contribution is -2.48. The summed E-state index contributed by atoms with van der Waals surface area (Å²) in [5.74, 6) is 0. The van der Waals surface area contributed by atoms with E-state index in [1.165, 1.54) is 28.6 Å². The first-order valence-electron chi connectivity index (χ1n) is 8.54. The van der Waals surface area contributed by atoms with Crippen LogP contribution in [-0.2, 0) is 10.0 Å². The summed E-state index contributed by atoms with van der Waals surface area (Å²) in [7, 11) is -3.49. The highest BCUT2D eigenvalue weighted by Crippen LogP contribution is 2.18. The molecule has 0 aliphatic carbocycles. The molecule has 6 heteroatoms. The summed E-state index contributed by atoms with van der Waals surface area (Å²) in [4.78, 5) is 2.48. The summed E-state index contributed by atoms with van der Waals surface area (Å²) in [6, 6.07) is 18.2. The number of nitriles is 1. The van der Waals surface area contributed by atoms with Gasteiger partial charge in [0.15, 0.2) is 0 Å². The van der Waals surface area contributed by atoms with E-state index in [9.17, 15) is 8.42 Å². The first-order chi connectivity index (χ1) is 12.6. The highest BCUT2D eigenvalue weighted by atomic mass is 32.2. The second-order valence-corrected chi connectivity index (χ2v) is 8.09. The molecule has 0 amide bonds. The lowest BCUT2D eigenvalue weighted by molar-refractivity contribution is 0.204. The maximum Gasteiger partial charge on any atom is 0.243 e. The van der Waals surface area contributed by atoms with Crippen molar-refractivity contribution in [3.8, 4) is 6.07 Å². The molecule has 1 saturated heterocycles. The minimum absolute atomic E-state index is 0.244. The van der Waals surface area contributed by atoms with Gasteiger partial charge in [-0.2, -0.15) is 9.57 Å². The van der Waals surface area contributed by atoms with E-state index in [1.807, 2.05) is 24.3 Å². The van der Waals surface area contributed by atoms with E-state index in [4.69, 9.17) is 5.26 Å². The minimum atomic E-state index is -3.49. The molecular formula is C20H21N3O2S. The summed E-state index contributed by atoms with van der Waals surface area (Å²) in [5, 5.41) is 8.83. The van der Waals surface area contributed by atoms with Crippen molar-refractivity contribution in [3.05, 3.63) is 71.8 Å². The number of nitrogens with zero attached hydrogens (tertiary/aromatic N) is 3. The van der Waals surface area contributed by atoms with Crippen molar-refractivity contribution in [2.75, 3.05) is 32.7 Å². The predicted molar refractivity (Wildman–Crippen MR) is 102 cm³/mol. The Kier molecular flexibility index (Phi) is 5.84. The van der Waals surface area contributed by atoms with Gasteiger partial charge >= 0.3 is 0 Å². The van der Waals surface area contributed by atoms with E-state index in [-0.39, 0.29) is 4.90 Å². The average molecular weight is 367 g/mol. The Morgan fingerprint density at radius 3 is 2.23 bits per heavy atom. The van der Waals surface area contributed by atoms with Crippen LogP contribution in [0, 0.1) is 11.3 Å². The monoisotopic (exact) mass is 367 g/mol. The van der Waals surface area contributed by atoms with Gasteiger partial charge in [0.05, 0.1) is 16.5 Å². The molecule has 26 heavy (non-hydrogen) atoms.